The molecule has 1 aromatic heterocycles. The van der Waals surface area contributed by atoms with Gasteiger partial charge in [0.1, 0.15) is 5.82 Å². The van der Waals surface area contributed by atoms with Gasteiger partial charge in [-0.3, -0.25) is 25.4 Å². The summed E-state index contributed by atoms with van der Waals surface area (Å²) in [6.07, 6.45) is 0. The molecule has 0 saturated heterocycles. The Kier molecular flexibility index (Phi) is 4.63. The quantitative estimate of drug-likeness (QED) is 0.690. The number of halogens is 2. The maximum Gasteiger partial charge on any atom is 0.271 e. The normalized spacial score (nSPS) is 10.5. The number of nitrogens with one attached hydrogen (secondary N) is 2. The molecule has 0 radical (unpaired) electrons. The average molecular weight is 358 g/mol. The largest absolute Gasteiger partial charge is 0.271 e. The Balaban J connectivity index is 1.76. The van der Waals surface area contributed by atoms with E-state index in [9.17, 15) is 14.0 Å². The van der Waals surface area contributed by atoms with Gasteiger partial charge in [0.15, 0.2) is 0 Å². The van der Waals surface area contributed by atoms with Crippen LogP contribution in [0.5, 0.6) is 0 Å². The lowest BCUT2D eigenvalue weighted by molar-refractivity contribution is 0.0846. The highest BCUT2D eigenvalue weighted by atomic mass is 35.5. The van der Waals surface area contributed by atoms with Crippen LogP contribution in [-0.4, -0.2) is 16.8 Å². The van der Waals surface area contributed by atoms with E-state index in [0.29, 0.717) is 27.2 Å². The third-order valence-corrected chi connectivity index (χ3v) is 3.84. The number of carbonyl (C=O) groups is 2. The van der Waals surface area contributed by atoms with Crippen molar-refractivity contribution in [3.8, 4) is 0 Å². The van der Waals surface area contributed by atoms with Gasteiger partial charge in [0.05, 0.1) is 16.8 Å². The number of hydrogen-bond donors (Lipinski definition) is 2. The second-order valence-corrected chi connectivity index (χ2v) is 5.81. The molecule has 0 saturated carbocycles. The van der Waals surface area contributed by atoms with Gasteiger partial charge in [0, 0.05) is 16.0 Å². The van der Waals surface area contributed by atoms with E-state index in [1.54, 1.807) is 31.2 Å². The number of nitrogens with zero attached hydrogens (tertiary/aromatic N) is 1. The Labute approximate surface area is 147 Å². The van der Waals surface area contributed by atoms with Crippen LogP contribution in [-0.2, 0) is 0 Å². The number of pyridine rings is 1. The maximum atomic E-state index is 12.9. The van der Waals surface area contributed by atoms with Gasteiger partial charge in [0.25, 0.3) is 11.8 Å². The second-order valence-electron chi connectivity index (χ2n) is 5.37. The van der Waals surface area contributed by atoms with Crippen LogP contribution in [0.3, 0.4) is 0 Å². The standard InChI is InChI=1S/C18H13ClFN3O2/c1-10-15(9-12-8-13(19)4-7-16(12)21-10)18(25)23-22-17(24)11-2-5-14(20)6-3-11/h2-9H,1H3,(H,22,24)(H,23,25). The number of fused-ring (bicyclic) bond motifs is 1. The van der Waals surface area contributed by atoms with E-state index < -0.39 is 17.6 Å². The molecule has 3 rings (SSSR count). The smallest absolute Gasteiger partial charge is 0.267 e. The fourth-order valence-electron chi connectivity index (χ4n) is 2.33. The molecule has 0 bridgehead atoms. The first-order valence-electron chi connectivity index (χ1n) is 7.37. The van der Waals surface area contributed by atoms with E-state index in [-0.39, 0.29) is 5.56 Å². The molecule has 1 heterocycles. The summed E-state index contributed by atoms with van der Waals surface area (Å²) in [5.74, 6) is -1.51. The Hall–Kier alpha value is -2.99. The van der Waals surface area contributed by atoms with E-state index in [1.165, 1.54) is 12.1 Å². The minimum Gasteiger partial charge on any atom is -0.267 e. The molecule has 0 aliphatic carbocycles. The van der Waals surface area contributed by atoms with Crippen LogP contribution in [0, 0.1) is 12.7 Å². The Morgan fingerprint density at radius 1 is 1.00 bits per heavy atom. The molecule has 2 amide bonds. The molecule has 0 aliphatic rings. The molecule has 25 heavy (non-hydrogen) atoms. The summed E-state index contributed by atoms with van der Waals surface area (Å²) in [5, 5.41) is 1.25. The Bertz CT molecular complexity index is 974. The summed E-state index contributed by atoms with van der Waals surface area (Å²) < 4.78 is 12.9. The fourth-order valence-corrected chi connectivity index (χ4v) is 2.51. The first kappa shape index (κ1) is 16.9. The van der Waals surface area contributed by atoms with Gasteiger partial charge < -0.3 is 0 Å². The molecule has 2 N–H and O–H groups in total. The predicted molar refractivity (Wildman–Crippen MR) is 92.8 cm³/mol. The minimum absolute atomic E-state index is 0.224. The van der Waals surface area contributed by atoms with Crippen LogP contribution in [0.4, 0.5) is 4.39 Å². The molecule has 0 fully saturated rings. The average Bonchev–Trinajstić information content (AvgIpc) is 2.59. The molecule has 0 spiro atoms. The highest BCUT2D eigenvalue weighted by Gasteiger charge is 2.13. The van der Waals surface area contributed by atoms with Crippen molar-refractivity contribution in [1.29, 1.82) is 0 Å². The molecule has 126 valence electrons. The predicted octanol–water partition coefficient (Wildman–Crippen LogP) is 3.41. The van der Waals surface area contributed by atoms with Gasteiger partial charge >= 0.3 is 0 Å². The first-order chi connectivity index (χ1) is 11.9. The molecular formula is C18H13ClFN3O2. The van der Waals surface area contributed by atoms with Gasteiger partial charge in [-0.2, -0.15) is 0 Å². The zero-order chi connectivity index (χ0) is 18.0. The van der Waals surface area contributed by atoms with Gasteiger partial charge in [-0.25, -0.2) is 4.39 Å². The van der Waals surface area contributed by atoms with E-state index in [4.69, 9.17) is 11.6 Å². The molecule has 0 unspecified atom stereocenters. The van der Waals surface area contributed by atoms with Gasteiger partial charge in [-0.15, -0.1) is 0 Å². The number of aryl methyl sites for hydroxylation is 1. The highest BCUT2D eigenvalue weighted by molar-refractivity contribution is 6.31. The molecule has 7 heteroatoms. The van der Waals surface area contributed by atoms with Crippen molar-refractivity contribution < 1.29 is 14.0 Å². The third-order valence-electron chi connectivity index (χ3n) is 3.61. The number of carbonyl (C=O) groups excluding carboxylic acids is 2. The van der Waals surface area contributed by atoms with Crippen molar-refractivity contribution in [2.24, 2.45) is 0 Å². The molecule has 2 aromatic carbocycles. The Morgan fingerprint density at radius 3 is 2.40 bits per heavy atom. The summed E-state index contributed by atoms with van der Waals surface area (Å²) in [4.78, 5) is 28.6. The highest BCUT2D eigenvalue weighted by Crippen LogP contribution is 2.20. The number of benzene rings is 2. The first-order valence-corrected chi connectivity index (χ1v) is 7.75. The summed E-state index contributed by atoms with van der Waals surface area (Å²) in [6.45, 7) is 1.70. The molecule has 0 atom stereocenters. The second kappa shape index (κ2) is 6.86. The van der Waals surface area contributed by atoms with Crippen molar-refractivity contribution in [1.82, 2.24) is 15.8 Å². The van der Waals surface area contributed by atoms with E-state index >= 15 is 0 Å². The number of rotatable bonds is 2. The molecular weight excluding hydrogens is 345 g/mol. The maximum absolute atomic E-state index is 12.9. The molecule has 5 nitrogen and oxygen atoms in total. The Morgan fingerprint density at radius 2 is 1.68 bits per heavy atom. The van der Waals surface area contributed by atoms with E-state index in [2.05, 4.69) is 15.8 Å². The number of amides is 2. The lowest BCUT2D eigenvalue weighted by Crippen LogP contribution is -2.41. The number of hydrogen-bond acceptors (Lipinski definition) is 3. The lowest BCUT2D eigenvalue weighted by atomic mass is 10.1. The van der Waals surface area contributed by atoms with Crippen LogP contribution in [0.2, 0.25) is 5.02 Å². The SMILES string of the molecule is Cc1nc2ccc(Cl)cc2cc1C(=O)NNC(=O)c1ccc(F)cc1. The summed E-state index contributed by atoms with van der Waals surface area (Å²) in [6, 6.07) is 11.8. The topological polar surface area (TPSA) is 71.1 Å². The van der Waals surface area contributed by atoms with Crippen molar-refractivity contribution in [3.05, 3.63) is 76.2 Å². The summed E-state index contributed by atoms with van der Waals surface area (Å²) in [7, 11) is 0. The van der Waals surface area contributed by atoms with Crippen LogP contribution in [0.25, 0.3) is 10.9 Å². The van der Waals surface area contributed by atoms with Crippen LogP contribution in [0.15, 0.2) is 48.5 Å². The monoisotopic (exact) mass is 357 g/mol. The number of hydrazine groups is 1. The van der Waals surface area contributed by atoms with Crippen LogP contribution >= 0.6 is 11.6 Å². The minimum atomic E-state index is -0.553. The third kappa shape index (κ3) is 3.75. The van der Waals surface area contributed by atoms with Crippen molar-refractivity contribution in [3.63, 3.8) is 0 Å². The van der Waals surface area contributed by atoms with Gasteiger partial charge in [-0.05, 0) is 55.5 Å². The number of aromatic nitrogens is 1. The fraction of sp³-hybridized carbons (Fsp3) is 0.0556. The van der Waals surface area contributed by atoms with E-state index in [0.717, 1.165) is 12.1 Å². The van der Waals surface area contributed by atoms with Gasteiger partial charge in [-0.1, -0.05) is 11.6 Å². The van der Waals surface area contributed by atoms with Gasteiger partial charge in [0.2, 0.25) is 0 Å². The zero-order valence-corrected chi connectivity index (χ0v) is 13.9. The molecule has 0 aliphatic heterocycles. The van der Waals surface area contributed by atoms with Crippen LogP contribution in [0.1, 0.15) is 26.4 Å². The summed E-state index contributed by atoms with van der Waals surface area (Å²) in [5.41, 5.74) is 6.39. The summed E-state index contributed by atoms with van der Waals surface area (Å²) >= 11 is 5.96. The van der Waals surface area contributed by atoms with Crippen molar-refractivity contribution in [2.45, 2.75) is 6.92 Å². The van der Waals surface area contributed by atoms with E-state index in [1.807, 2.05) is 0 Å². The van der Waals surface area contributed by atoms with Crippen molar-refractivity contribution in [2.75, 3.05) is 0 Å². The van der Waals surface area contributed by atoms with Crippen molar-refractivity contribution >= 4 is 34.3 Å². The molecule has 3 aromatic rings. The zero-order valence-electron chi connectivity index (χ0n) is 13.1. The lowest BCUT2D eigenvalue weighted by Gasteiger charge is -2.10. The van der Waals surface area contributed by atoms with Crippen LogP contribution < -0.4 is 10.9 Å².